The van der Waals surface area contributed by atoms with Gasteiger partial charge >= 0.3 is 0 Å². The van der Waals surface area contributed by atoms with Gasteiger partial charge in [-0.25, -0.2) is 0 Å². The van der Waals surface area contributed by atoms with E-state index in [4.69, 9.17) is 22.7 Å². The van der Waals surface area contributed by atoms with E-state index in [0.717, 1.165) is 38.8 Å². The molecule has 0 aromatic heterocycles. The minimum Gasteiger partial charge on any atom is -0.391 e. The number of hydrogen-bond acceptors (Lipinski definition) is 4. The molecule has 0 saturated carbocycles. The summed E-state index contributed by atoms with van der Waals surface area (Å²) in [6.07, 6.45) is 3.18. The molecule has 0 spiro atoms. The van der Waals surface area contributed by atoms with Crippen LogP contribution in [0.4, 0.5) is 0 Å². The molecule has 0 aromatic rings. The van der Waals surface area contributed by atoms with Crippen LogP contribution in [0, 0.1) is 5.92 Å². The standard InChI is InChI=1S/C13H23N3O2S/c1-16-6-4-13(5-7-16,12(14)19)15-11(17)10-2-8-18-9-3-10/h10H,2-9H2,1H3,(H2,14,19)(H,15,17). The first-order valence-corrected chi connectivity index (χ1v) is 7.32. The lowest BCUT2D eigenvalue weighted by molar-refractivity contribution is -0.129. The maximum atomic E-state index is 12.4. The first kappa shape index (κ1) is 14.7. The third-order valence-corrected chi connectivity index (χ3v) is 4.66. The Bertz CT molecular complexity index is 348. The molecule has 2 fully saturated rings. The van der Waals surface area contributed by atoms with E-state index < -0.39 is 5.54 Å². The van der Waals surface area contributed by atoms with Crippen molar-refractivity contribution >= 4 is 23.1 Å². The zero-order chi connectivity index (χ0) is 13.9. The number of rotatable bonds is 3. The molecule has 1 amide bonds. The quantitative estimate of drug-likeness (QED) is 0.729. The molecule has 0 atom stereocenters. The average molecular weight is 285 g/mol. The van der Waals surface area contributed by atoms with E-state index in [9.17, 15) is 4.79 Å². The van der Waals surface area contributed by atoms with Crippen molar-refractivity contribution in [2.24, 2.45) is 11.7 Å². The van der Waals surface area contributed by atoms with Gasteiger partial charge in [0.2, 0.25) is 5.91 Å². The van der Waals surface area contributed by atoms with Crippen molar-refractivity contribution in [3.05, 3.63) is 0 Å². The number of likely N-dealkylation sites (tertiary alicyclic amines) is 1. The van der Waals surface area contributed by atoms with Gasteiger partial charge in [0.25, 0.3) is 0 Å². The minimum atomic E-state index is -0.489. The van der Waals surface area contributed by atoms with E-state index in [-0.39, 0.29) is 11.8 Å². The largest absolute Gasteiger partial charge is 0.391 e. The molecule has 2 heterocycles. The smallest absolute Gasteiger partial charge is 0.224 e. The highest BCUT2D eigenvalue weighted by Crippen LogP contribution is 2.24. The Morgan fingerprint density at radius 2 is 1.95 bits per heavy atom. The maximum absolute atomic E-state index is 12.4. The van der Waals surface area contributed by atoms with Crippen molar-refractivity contribution in [1.29, 1.82) is 0 Å². The van der Waals surface area contributed by atoms with Gasteiger partial charge in [0, 0.05) is 32.2 Å². The van der Waals surface area contributed by atoms with Crippen LogP contribution in [0.5, 0.6) is 0 Å². The van der Waals surface area contributed by atoms with Crippen LogP contribution < -0.4 is 11.1 Å². The average Bonchev–Trinajstić information content (AvgIpc) is 2.42. The van der Waals surface area contributed by atoms with Gasteiger partial charge in [0.1, 0.15) is 0 Å². The summed E-state index contributed by atoms with van der Waals surface area (Å²) in [5, 5.41) is 3.13. The van der Waals surface area contributed by atoms with Crippen molar-refractivity contribution in [2.75, 3.05) is 33.4 Å². The van der Waals surface area contributed by atoms with Crippen LogP contribution in [0.25, 0.3) is 0 Å². The molecule has 3 N–H and O–H groups in total. The second-order valence-electron chi connectivity index (χ2n) is 5.63. The summed E-state index contributed by atoms with van der Waals surface area (Å²) in [6.45, 7) is 3.15. The second-order valence-corrected chi connectivity index (χ2v) is 6.07. The Morgan fingerprint density at radius 3 is 2.47 bits per heavy atom. The first-order chi connectivity index (χ1) is 9.03. The first-order valence-electron chi connectivity index (χ1n) is 6.92. The Kier molecular flexibility index (Phi) is 4.76. The number of nitrogens with zero attached hydrogens (tertiary/aromatic N) is 1. The summed E-state index contributed by atoms with van der Waals surface area (Å²) in [7, 11) is 2.07. The van der Waals surface area contributed by atoms with Crippen molar-refractivity contribution in [3.63, 3.8) is 0 Å². The number of hydrogen-bond donors (Lipinski definition) is 2. The molecule has 0 bridgehead atoms. The number of carbonyl (C=O) groups excluding carboxylic acids is 1. The van der Waals surface area contributed by atoms with Gasteiger partial charge in [0.15, 0.2) is 0 Å². The van der Waals surface area contributed by atoms with Gasteiger partial charge < -0.3 is 20.7 Å². The van der Waals surface area contributed by atoms with E-state index in [1.165, 1.54) is 0 Å². The summed E-state index contributed by atoms with van der Waals surface area (Å²) >= 11 is 5.21. The van der Waals surface area contributed by atoms with Crippen molar-refractivity contribution < 1.29 is 9.53 Å². The molecule has 0 radical (unpaired) electrons. The Hall–Kier alpha value is -0.720. The molecule has 2 saturated heterocycles. The van der Waals surface area contributed by atoms with Crippen LogP contribution in [0.1, 0.15) is 25.7 Å². The lowest BCUT2D eigenvalue weighted by Crippen LogP contribution is -2.62. The molecule has 0 aromatic carbocycles. The van der Waals surface area contributed by atoms with Crippen LogP contribution in [0.15, 0.2) is 0 Å². The van der Waals surface area contributed by atoms with Crippen LogP contribution in [0.3, 0.4) is 0 Å². The number of piperidine rings is 1. The van der Waals surface area contributed by atoms with E-state index in [0.29, 0.717) is 18.2 Å². The molecular formula is C13H23N3O2S. The molecule has 2 aliphatic heterocycles. The fourth-order valence-corrected chi connectivity index (χ4v) is 2.99. The molecule has 0 unspecified atom stereocenters. The number of nitrogens with two attached hydrogens (primary N) is 1. The highest BCUT2D eigenvalue weighted by atomic mass is 32.1. The summed E-state index contributed by atoms with van der Waals surface area (Å²) in [5.41, 5.74) is 5.41. The molecule has 2 aliphatic rings. The number of thiocarbonyl (C=S) groups is 1. The predicted octanol–water partition coefficient (Wildman–Crippen LogP) is 0.280. The van der Waals surface area contributed by atoms with Crippen molar-refractivity contribution in [1.82, 2.24) is 10.2 Å². The molecule has 108 valence electrons. The zero-order valence-corrected chi connectivity index (χ0v) is 12.3. The molecule has 2 rings (SSSR count). The van der Waals surface area contributed by atoms with E-state index >= 15 is 0 Å². The zero-order valence-electron chi connectivity index (χ0n) is 11.5. The second kappa shape index (κ2) is 6.15. The lowest BCUT2D eigenvalue weighted by atomic mass is 9.86. The summed E-state index contributed by atoms with van der Waals surface area (Å²) in [4.78, 5) is 15.0. The van der Waals surface area contributed by atoms with E-state index in [2.05, 4.69) is 17.3 Å². The van der Waals surface area contributed by atoms with Crippen molar-refractivity contribution in [3.8, 4) is 0 Å². The van der Waals surface area contributed by atoms with Crippen LogP contribution >= 0.6 is 12.2 Å². The highest BCUT2D eigenvalue weighted by molar-refractivity contribution is 7.80. The fourth-order valence-electron chi connectivity index (χ4n) is 2.73. The third kappa shape index (κ3) is 3.43. The molecule has 5 nitrogen and oxygen atoms in total. The summed E-state index contributed by atoms with van der Waals surface area (Å²) < 4.78 is 5.29. The fraction of sp³-hybridized carbons (Fsp3) is 0.846. The summed E-state index contributed by atoms with van der Waals surface area (Å²) in [6, 6.07) is 0. The molecule has 6 heteroatoms. The van der Waals surface area contributed by atoms with Crippen LogP contribution in [-0.4, -0.2) is 54.7 Å². The highest BCUT2D eigenvalue weighted by Gasteiger charge is 2.39. The Labute approximate surface area is 119 Å². The SMILES string of the molecule is CN1CCC(NC(=O)C2CCOCC2)(C(N)=S)CC1. The molecule has 0 aliphatic carbocycles. The monoisotopic (exact) mass is 285 g/mol. The van der Waals surface area contributed by atoms with Crippen LogP contribution in [0.2, 0.25) is 0 Å². The van der Waals surface area contributed by atoms with Gasteiger partial charge in [0.05, 0.1) is 10.5 Å². The number of ether oxygens (including phenoxy) is 1. The van der Waals surface area contributed by atoms with Crippen LogP contribution in [-0.2, 0) is 9.53 Å². The minimum absolute atomic E-state index is 0.0413. The number of carbonyl (C=O) groups is 1. The van der Waals surface area contributed by atoms with Gasteiger partial charge in [-0.2, -0.15) is 0 Å². The van der Waals surface area contributed by atoms with Gasteiger partial charge in [-0.1, -0.05) is 12.2 Å². The Balaban J connectivity index is 2.00. The third-order valence-electron chi connectivity index (χ3n) is 4.27. The van der Waals surface area contributed by atoms with Gasteiger partial charge in [-0.15, -0.1) is 0 Å². The van der Waals surface area contributed by atoms with Gasteiger partial charge in [-0.3, -0.25) is 4.79 Å². The topological polar surface area (TPSA) is 67.6 Å². The number of amides is 1. The van der Waals surface area contributed by atoms with Gasteiger partial charge in [-0.05, 0) is 32.7 Å². The number of nitrogens with one attached hydrogen (secondary N) is 1. The molecule has 19 heavy (non-hydrogen) atoms. The van der Waals surface area contributed by atoms with E-state index in [1.54, 1.807) is 0 Å². The lowest BCUT2D eigenvalue weighted by Gasteiger charge is -2.41. The van der Waals surface area contributed by atoms with Crippen molar-refractivity contribution in [2.45, 2.75) is 31.2 Å². The Morgan fingerprint density at radius 1 is 1.37 bits per heavy atom. The molecular weight excluding hydrogens is 262 g/mol. The maximum Gasteiger partial charge on any atom is 0.224 e. The predicted molar refractivity (Wildman–Crippen MR) is 77.9 cm³/mol. The summed E-state index contributed by atoms with van der Waals surface area (Å²) in [5.74, 6) is 0.125. The normalized spacial score (nSPS) is 24.9. The van der Waals surface area contributed by atoms with E-state index in [1.807, 2.05) is 0 Å².